The molecule has 3 aromatic rings. The van der Waals surface area contributed by atoms with Crippen LogP contribution < -0.4 is 0 Å². The molecule has 4 rings (SSSR count). The van der Waals surface area contributed by atoms with Gasteiger partial charge in [-0.2, -0.15) is 9.57 Å². The van der Waals surface area contributed by atoms with E-state index in [9.17, 15) is 8.42 Å². The minimum Gasteiger partial charge on any atom is -0.239 e. The van der Waals surface area contributed by atoms with Crippen LogP contribution in [0.3, 0.4) is 0 Å². The Kier molecular flexibility index (Phi) is 4.04. The zero-order chi connectivity index (χ0) is 17.4. The normalized spacial score (nSPS) is 18.4. The number of para-hydroxylation sites is 1. The van der Waals surface area contributed by atoms with E-state index >= 15 is 0 Å². The Labute approximate surface area is 150 Å². The van der Waals surface area contributed by atoms with E-state index in [1.54, 1.807) is 15.6 Å². The molecule has 126 valence electrons. The van der Waals surface area contributed by atoms with E-state index in [0.717, 1.165) is 28.1 Å². The van der Waals surface area contributed by atoms with Crippen LogP contribution in [-0.4, -0.2) is 24.3 Å². The Balaban J connectivity index is 1.71. The fourth-order valence-corrected chi connectivity index (χ4v) is 5.99. The first-order chi connectivity index (χ1) is 12.1. The van der Waals surface area contributed by atoms with Crippen LogP contribution in [0.4, 0.5) is 0 Å². The van der Waals surface area contributed by atoms with Crippen LogP contribution in [0.5, 0.6) is 0 Å². The van der Waals surface area contributed by atoms with Crippen molar-refractivity contribution in [2.45, 2.75) is 23.8 Å². The quantitative estimate of drug-likeness (QED) is 0.706. The molecule has 2 heterocycles. The first-order valence-electron chi connectivity index (χ1n) is 7.97. The standard InChI is InChI=1S/C18H15N3O2S2/c19-12-13-7-9-14(10-8-13)25(22,23)21-11-3-5-16(21)18-20-15-4-1-2-6-17(15)24-18/h1-2,4,6-10,16H,3,5,11H2/t16-/m0/s1. The molecule has 0 bridgehead atoms. The minimum atomic E-state index is -3.61. The summed E-state index contributed by atoms with van der Waals surface area (Å²) in [7, 11) is -3.61. The highest BCUT2D eigenvalue weighted by atomic mass is 32.2. The monoisotopic (exact) mass is 369 g/mol. The second-order valence-corrected chi connectivity index (χ2v) is 8.88. The molecule has 0 saturated carbocycles. The van der Waals surface area contributed by atoms with Crippen LogP contribution in [0, 0.1) is 11.3 Å². The second kappa shape index (κ2) is 6.23. The molecule has 2 aromatic carbocycles. The van der Waals surface area contributed by atoms with E-state index in [1.807, 2.05) is 30.3 Å². The number of aromatic nitrogens is 1. The number of hydrogen-bond donors (Lipinski definition) is 0. The summed E-state index contributed by atoms with van der Waals surface area (Å²) >= 11 is 1.56. The van der Waals surface area contributed by atoms with E-state index in [2.05, 4.69) is 4.98 Å². The minimum absolute atomic E-state index is 0.222. The lowest BCUT2D eigenvalue weighted by Crippen LogP contribution is -2.30. The first kappa shape index (κ1) is 16.2. The van der Waals surface area contributed by atoms with Gasteiger partial charge in [0.15, 0.2) is 0 Å². The molecule has 7 heteroatoms. The maximum absolute atomic E-state index is 13.1. The average Bonchev–Trinajstić information content (AvgIpc) is 3.28. The predicted molar refractivity (Wildman–Crippen MR) is 96.6 cm³/mol. The van der Waals surface area contributed by atoms with E-state index < -0.39 is 10.0 Å². The van der Waals surface area contributed by atoms with Crippen molar-refractivity contribution in [1.29, 1.82) is 5.26 Å². The van der Waals surface area contributed by atoms with Crippen molar-refractivity contribution in [1.82, 2.24) is 9.29 Å². The van der Waals surface area contributed by atoms with Crippen LogP contribution in [0.25, 0.3) is 10.2 Å². The molecule has 5 nitrogen and oxygen atoms in total. The average molecular weight is 369 g/mol. The molecule has 1 atom stereocenters. The Hall–Kier alpha value is -2.27. The van der Waals surface area contributed by atoms with Crippen LogP contribution in [0.2, 0.25) is 0 Å². The number of hydrogen-bond acceptors (Lipinski definition) is 5. The fourth-order valence-electron chi connectivity index (χ4n) is 3.14. The third kappa shape index (κ3) is 2.82. The number of nitrogens with zero attached hydrogens (tertiary/aromatic N) is 3. The van der Waals surface area contributed by atoms with E-state index in [4.69, 9.17) is 5.26 Å². The van der Waals surface area contributed by atoms with Crippen molar-refractivity contribution in [3.05, 3.63) is 59.1 Å². The number of rotatable bonds is 3. The summed E-state index contributed by atoms with van der Waals surface area (Å²) in [5, 5.41) is 9.73. The molecule has 0 N–H and O–H groups in total. The van der Waals surface area contributed by atoms with Gasteiger partial charge >= 0.3 is 0 Å². The number of thiazole rings is 1. The van der Waals surface area contributed by atoms with Crippen molar-refractivity contribution in [2.75, 3.05) is 6.54 Å². The molecule has 1 saturated heterocycles. The largest absolute Gasteiger partial charge is 0.243 e. The van der Waals surface area contributed by atoms with Gasteiger partial charge in [-0.1, -0.05) is 12.1 Å². The molecular formula is C18H15N3O2S2. The van der Waals surface area contributed by atoms with E-state index in [0.29, 0.717) is 12.1 Å². The smallest absolute Gasteiger partial charge is 0.239 e. The van der Waals surface area contributed by atoms with Gasteiger partial charge in [0.05, 0.1) is 32.8 Å². The predicted octanol–water partition coefficient (Wildman–Crippen LogP) is 3.69. The molecular weight excluding hydrogens is 354 g/mol. The number of benzene rings is 2. The summed E-state index contributed by atoms with van der Waals surface area (Å²) in [6.07, 6.45) is 1.59. The van der Waals surface area contributed by atoms with Crippen LogP contribution in [-0.2, 0) is 10.0 Å². The highest BCUT2D eigenvalue weighted by molar-refractivity contribution is 7.89. The first-order valence-corrected chi connectivity index (χ1v) is 10.2. The van der Waals surface area contributed by atoms with Gasteiger partial charge in [0.25, 0.3) is 0 Å². The SMILES string of the molecule is N#Cc1ccc(S(=O)(=O)N2CCC[C@H]2c2nc3ccccc3s2)cc1. The molecule has 1 aliphatic heterocycles. The maximum Gasteiger partial charge on any atom is 0.243 e. The van der Waals surface area contributed by atoms with Gasteiger partial charge in [0.2, 0.25) is 10.0 Å². The fraction of sp³-hybridized carbons (Fsp3) is 0.222. The molecule has 1 fully saturated rings. The van der Waals surface area contributed by atoms with Crippen LogP contribution >= 0.6 is 11.3 Å². The van der Waals surface area contributed by atoms with Crippen molar-refractivity contribution in [3.8, 4) is 6.07 Å². The lowest BCUT2D eigenvalue weighted by atomic mass is 10.2. The summed E-state index contributed by atoms with van der Waals surface area (Å²) in [5.74, 6) is 0. The lowest BCUT2D eigenvalue weighted by Gasteiger charge is -2.22. The zero-order valence-corrected chi connectivity index (χ0v) is 14.9. The molecule has 1 aromatic heterocycles. The van der Waals surface area contributed by atoms with Gasteiger partial charge in [0, 0.05) is 6.54 Å². The van der Waals surface area contributed by atoms with Crippen molar-refractivity contribution >= 4 is 31.6 Å². The zero-order valence-electron chi connectivity index (χ0n) is 13.3. The third-order valence-corrected chi connectivity index (χ3v) is 7.45. The van der Waals surface area contributed by atoms with Gasteiger partial charge in [-0.05, 0) is 49.2 Å². The van der Waals surface area contributed by atoms with Crippen molar-refractivity contribution < 1.29 is 8.42 Å². The molecule has 0 spiro atoms. The Morgan fingerprint density at radius 1 is 1.16 bits per heavy atom. The lowest BCUT2D eigenvalue weighted by molar-refractivity contribution is 0.396. The maximum atomic E-state index is 13.1. The van der Waals surface area contributed by atoms with Crippen LogP contribution in [0.1, 0.15) is 29.5 Å². The number of sulfonamides is 1. The van der Waals surface area contributed by atoms with Crippen molar-refractivity contribution in [2.24, 2.45) is 0 Å². The molecule has 0 amide bonds. The molecule has 0 radical (unpaired) electrons. The Morgan fingerprint density at radius 3 is 2.64 bits per heavy atom. The molecule has 25 heavy (non-hydrogen) atoms. The highest BCUT2D eigenvalue weighted by Gasteiger charge is 2.37. The van der Waals surface area contributed by atoms with E-state index in [-0.39, 0.29) is 10.9 Å². The van der Waals surface area contributed by atoms with Gasteiger partial charge in [-0.15, -0.1) is 11.3 Å². The number of nitriles is 1. The summed E-state index contributed by atoms with van der Waals surface area (Å²) < 4.78 is 28.7. The van der Waals surface area contributed by atoms with Gasteiger partial charge < -0.3 is 0 Å². The summed E-state index contributed by atoms with van der Waals surface area (Å²) in [4.78, 5) is 4.87. The van der Waals surface area contributed by atoms with Crippen molar-refractivity contribution in [3.63, 3.8) is 0 Å². The summed E-state index contributed by atoms with van der Waals surface area (Å²) in [6.45, 7) is 0.489. The van der Waals surface area contributed by atoms with Gasteiger partial charge in [-0.25, -0.2) is 13.4 Å². The topological polar surface area (TPSA) is 74.1 Å². The number of fused-ring (bicyclic) bond motifs is 1. The van der Waals surface area contributed by atoms with Gasteiger partial charge in [-0.3, -0.25) is 0 Å². The third-order valence-electron chi connectivity index (χ3n) is 4.39. The Bertz CT molecular complexity index is 1030. The summed E-state index contributed by atoms with van der Waals surface area (Å²) in [6, 6.07) is 15.7. The van der Waals surface area contributed by atoms with Gasteiger partial charge in [0.1, 0.15) is 5.01 Å². The van der Waals surface area contributed by atoms with Crippen LogP contribution in [0.15, 0.2) is 53.4 Å². The second-order valence-electron chi connectivity index (χ2n) is 5.93. The summed E-state index contributed by atoms with van der Waals surface area (Å²) in [5.41, 5.74) is 1.35. The molecule has 0 aliphatic carbocycles. The van der Waals surface area contributed by atoms with E-state index in [1.165, 1.54) is 24.3 Å². The highest BCUT2D eigenvalue weighted by Crippen LogP contribution is 2.39. The molecule has 0 unspecified atom stereocenters. The molecule has 1 aliphatic rings. The Morgan fingerprint density at radius 2 is 1.92 bits per heavy atom.